The molecule has 110 valence electrons. The first-order valence-electron chi connectivity index (χ1n) is 6.29. The Kier molecular flexibility index (Phi) is 4.96. The van der Waals surface area contributed by atoms with E-state index in [1.807, 2.05) is 0 Å². The van der Waals surface area contributed by atoms with Crippen LogP contribution >= 0.6 is 0 Å². The first kappa shape index (κ1) is 15.8. The fourth-order valence-corrected chi connectivity index (χ4v) is 1.48. The second-order valence-corrected chi connectivity index (χ2v) is 5.19. The van der Waals surface area contributed by atoms with E-state index in [2.05, 4.69) is 5.32 Å². The Morgan fingerprint density at radius 3 is 2.45 bits per heavy atom. The van der Waals surface area contributed by atoms with E-state index in [4.69, 9.17) is 15.2 Å². The minimum absolute atomic E-state index is 0.266. The Labute approximate surface area is 118 Å². The quantitative estimate of drug-likeness (QED) is 0.656. The standard InChI is InChI=1S/C14H20N2O4/c1-5-19-12(17)9-6-10(15)8-11(7-9)16-13(18)20-14(2,3)4/h6-8H,5,15H2,1-4H3,(H,16,18). The number of ether oxygens (including phenoxy) is 2. The minimum Gasteiger partial charge on any atom is -0.462 e. The van der Waals surface area contributed by atoms with Crippen molar-refractivity contribution in [2.24, 2.45) is 0 Å². The van der Waals surface area contributed by atoms with E-state index in [1.165, 1.54) is 18.2 Å². The van der Waals surface area contributed by atoms with Gasteiger partial charge in [-0.3, -0.25) is 5.32 Å². The van der Waals surface area contributed by atoms with Crippen molar-refractivity contribution in [3.63, 3.8) is 0 Å². The molecule has 0 fully saturated rings. The van der Waals surface area contributed by atoms with Gasteiger partial charge in [-0.1, -0.05) is 0 Å². The van der Waals surface area contributed by atoms with Crippen molar-refractivity contribution in [2.75, 3.05) is 17.7 Å². The molecule has 0 saturated carbocycles. The Hall–Kier alpha value is -2.24. The van der Waals surface area contributed by atoms with Gasteiger partial charge in [0.25, 0.3) is 0 Å². The number of nitrogens with one attached hydrogen (secondary N) is 1. The Balaban J connectivity index is 2.86. The zero-order valence-electron chi connectivity index (χ0n) is 12.1. The van der Waals surface area contributed by atoms with E-state index in [-0.39, 0.29) is 12.2 Å². The predicted octanol–water partition coefficient (Wildman–Crippen LogP) is 2.79. The molecule has 20 heavy (non-hydrogen) atoms. The molecule has 0 saturated heterocycles. The highest BCUT2D eigenvalue weighted by Gasteiger charge is 2.17. The molecule has 0 aromatic heterocycles. The normalized spacial score (nSPS) is 10.8. The van der Waals surface area contributed by atoms with Gasteiger partial charge in [0.05, 0.1) is 12.2 Å². The average molecular weight is 280 g/mol. The summed E-state index contributed by atoms with van der Waals surface area (Å²) >= 11 is 0. The van der Waals surface area contributed by atoms with Crippen LogP contribution in [0, 0.1) is 0 Å². The number of amides is 1. The molecule has 3 N–H and O–H groups in total. The Bertz CT molecular complexity index is 506. The van der Waals surface area contributed by atoms with Crippen molar-refractivity contribution in [3.05, 3.63) is 23.8 Å². The largest absolute Gasteiger partial charge is 0.462 e. The van der Waals surface area contributed by atoms with E-state index in [0.717, 1.165) is 0 Å². The topological polar surface area (TPSA) is 90.6 Å². The van der Waals surface area contributed by atoms with Crippen molar-refractivity contribution in [1.29, 1.82) is 0 Å². The van der Waals surface area contributed by atoms with Crippen LogP contribution in [0.4, 0.5) is 16.2 Å². The third kappa shape index (κ3) is 5.17. The summed E-state index contributed by atoms with van der Waals surface area (Å²) in [5, 5.41) is 2.53. The van der Waals surface area contributed by atoms with E-state index < -0.39 is 17.7 Å². The number of carbonyl (C=O) groups excluding carboxylic acids is 2. The highest BCUT2D eigenvalue weighted by atomic mass is 16.6. The number of carbonyl (C=O) groups is 2. The second-order valence-electron chi connectivity index (χ2n) is 5.19. The molecule has 0 spiro atoms. The van der Waals surface area contributed by atoms with Crippen LogP contribution in [0.1, 0.15) is 38.1 Å². The van der Waals surface area contributed by atoms with Gasteiger partial charge in [-0.25, -0.2) is 9.59 Å². The van der Waals surface area contributed by atoms with Crippen LogP contribution in [0.3, 0.4) is 0 Å². The third-order valence-corrected chi connectivity index (χ3v) is 2.11. The zero-order valence-corrected chi connectivity index (χ0v) is 12.1. The molecule has 1 aromatic carbocycles. The maximum atomic E-state index is 11.7. The van der Waals surface area contributed by atoms with Crippen LogP contribution in [-0.2, 0) is 9.47 Å². The summed E-state index contributed by atoms with van der Waals surface area (Å²) in [7, 11) is 0. The second kappa shape index (κ2) is 6.27. The third-order valence-electron chi connectivity index (χ3n) is 2.11. The van der Waals surface area contributed by atoms with Gasteiger partial charge in [0, 0.05) is 11.4 Å². The lowest BCUT2D eigenvalue weighted by Crippen LogP contribution is -2.27. The summed E-state index contributed by atoms with van der Waals surface area (Å²) in [4.78, 5) is 23.3. The predicted molar refractivity (Wildman–Crippen MR) is 76.7 cm³/mol. The van der Waals surface area contributed by atoms with Gasteiger partial charge in [0.15, 0.2) is 0 Å². The lowest BCUT2D eigenvalue weighted by Gasteiger charge is -2.19. The summed E-state index contributed by atoms with van der Waals surface area (Å²) in [5.74, 6) is -0.493. The van der Waals surface area contributed by atoms with Crippen LogP contribution in [0.2, 0.25) is 0 Å². The summed E-state index contributed by atoms with van der Waals surface area (Å²) in [6.07, 6.45) is -0.613. The van der Waals surface area contributed by atoms with Gasteiger partial charge >= 0.3 is 12.1 Å². The van der Waals surface area contributed by atoms with Gasteiger partial charge in [0.2, 0.25) is 0 Å². The molecule has 0 bridgehead atoms. The van der Waals surface area contributed by atoms with E-state index >= 15 is 0 Å². The maximum Gasteiger partial charge on any atom is 0.412 e. The first-order valence-corrected chi connectivity index (χ1v) is 6.29. The molecule has 0 aliphatic rings. The van der Waals surface area contributed by atoms with Gasteiger partial charge in [0.1, 0.15) is 5.60 Å². The fourth-order valence-electron chi connectivity index (χ4n) is 1.48. The summed E-state index contributed by atoms with van der Waals surface area (Å²) in [5.41, 5.74) is 6.10. The molecule has 0 radical (unpaired) electrons. The number of anilines is 2. The molecule has 0 aliphatic carbocycles. The molecule has 1 aromatic rings. The lowest BCUT2D eigenvalue weighted by atomic mass is 10.1. The molecule has 0 unspecified atom stereocenters. The number of esters is 1. The van der Waals surface area contributed by atoms with Crippen LogP contribution in [0.25, 0.3) is 0 Å². The smallest absolute Gasteiger partial charge is 0.412 e. The van der Waals surface area contributed by atoms with Gasteiger partial charge < -0.3 is 15.2 Å². The number of rotatable bonds is 3. The molecular formula is C14H20N2O4. The number of nitrogens with two attached hydrogens (primary N) is 1. The molecule has 6 nitrogen and oxygen atoms in total. The Morgan fingerprint density at radius 1 is 1.25 bits per heavy atom. The van der Waals surface area contributed by atoms with Crippen molar-refractivity contribution in [1.82, 2.24) is 0 Å². The van der Waals surface area contributed by atoms with Gasteiger partial charge in [-0.2, -0.15) is 0 Å². The first-order chi connectivity index (χ1) is 9.21. The maximum absolute atomic E-state index is 11.7. The van der Waals surface area contributed by atoms with Crippen molar-refractivity contribution < 1.29 is 19.1 Å². The fraction of sp³-hybridized carbons (Fsp3) is 0.429. The van der Waals surface area contributed by atoms with E-state index in [9.17, 15) is 9.59 Å². The number of hydrogen-bond acceptors (Lipinski definition) is 5. The highest BCUT2D eigenvalue weighted by Crippen LogP contribution is 2.18. The van der Waals surface area contributed by atoms with Crippen molar-refractivity contribution in [2.45, 2.75) is 33.3 Å². The van der Waals surface area contributed by atoms with Crippen molar-refractivity contribution >= 4 is 23.4 Å². The highest BCUT2D eigenvalue weighted by molar-refractivity contribution is 5.94. The summed E-state index contributed by atoms with van der Waals surface area (Å²) in [6, 6.07) is 4.50. The number of nitrogen functional groups attached to an aromatic ring is 1. The van der Waals surface area contributed by atoms with Crippen LogP contribution in [0.15, 0.2) is 18.2 Å². The SMILES string of the molecule is CCOC(=O)c1cc(N)cc(NC(=O)OC(C)(C)C)c1. The van der Waals surface area contributed by atoms with Gasteiger partial charge in [-0.15, -0.1) is 0 Å². The van der Waals surface area contributed by atoms with E-state index in [1.54, 1.807) is 27.7 Å². The minimum atomic E-state index is -0.613. The van der Waals surface area contributed by atoms with Crippen LogP contribution in [0.5, 0.6) is 0 Å². The number of hydrogen-bond donors (Lipinski definition) is 2. The summed E-state index contributed by atoms with van der Waals surface area (Å²) < 4.78 is 10.0. The number of benzene rings is 1. The molecule has 1 amide bonds. The molecule has 1 rings (SSSR count). The molecular weight excluding hydrogens is 260 g/mol. The lowest BCUT2D eigenvalue weighted by molar-refractivity contribution is 0.0525. The molecule has 0 heterocycles. The summed E-state index contributed by atoms with van der Waals surface area (Å²) in [6.45, 7) is 7.26. The molecule has 6 heteroatoms. The van der Waals surface area contributed by atoms with E-state index in [0.29, 0.717) is 11.4 Å². The monoisotopic (exact) mass is 280 g/mol. The van der Waals surface area contributed by atoms with Gasteiger partial charge in [-0.05, 0) is 45.9 Å². The van der Waals surface area contributed by atoms with Crippen LogP contribution < -0.4 is 11.1 Å². The Morgan fingerprint density at radius 2 is 1.90 bits per heavy atom. The zero-order chi connectivity index (χ0) is 15.3. The molecule has 0 aliphatic heterocycles. The van der Waals surface area contributed by atoms with Crippen LogP contribution in [-0.4, -0.2) is 24.3 Å². The molecule has 0 atom stereocenters. The van der Waals surface area contributed by atoms with Crippen molar-refractivity contribution in [3.8, 4) is 0 Å². The average Bonchev–Trinajstić information content (AvgIpc) is 2.25.